The Bertz CT molecular complexity index is 557. The minimum atomic E-state index is -0.722. The lowest BCUT2D eigenvalue weighted by atomic mass is 10.2. The highest BCUT2D eigenvalue weighted by Crippen LogP contribution is 2.37. The van der Waals surface area contributed by atoms with Crippen molar-refractivity contribution < 1.29 is 4.39 Å². The van der Waals surface area contributed by atoms with Crippen LogP contribution in [0.5, 0.6) is 0 Å². The van der Waals surface area contributed by atoms with Gasteiger partial charge in [-0.25, -0.2) is 4.39 Å². The summed E-state index contributed by atoms with van der Waals surface area (Å²) < 4.78 is 13.4. The second-order valence-electron chi connectivity index (χ2n) is 2.91. The molecule has 2 aromatic rings. The Morgan fingerprint density at radius 1 is 1.20 bits per heavy atom. The number of benzene rings is 1. The third-order valence-electron chi connectivity index (χ3n) is 1.96. The number of anilines is 1. The SMILES string of the molecule is Nc1cnc2cc(Cl)c(F)c(Cl)c2c1Cl. The monoisotopic (exact) mass is 264 g/mol. The topological polar surface area (TPSA) is 38.9 Å². The average Bonchev–Trinajstić information content (AvgIpc) is 2.20. The summed E-state index contributed by atoms with van der Waals surface area (Å²) in [6, 6.07) is 1.35. The van der Waals surface area contributed by atoms with Gasteiger partial charge in [-0.3, -0.25) is 4.98 Å². The summed E-state index contributed by atoms with van der Waals surface area (Å²) in [5.41, 5.74) is 6.19. The van der Waals surface area contributed by atoms with Crippen LogP contribution in [0.1, 0.15) is 0 Å². The number of rotatable bonds is 0. The maximum atomic E-state index is 13.4. The second-order valence-corrected chi connectivity index (χ2v) is 4.07. The number of nitrogen functional groups attached to an aromatic ring is 1. The smallest absolute Gasteiger partial charge is 0.161 e. The van der Waals surface area contributed by atoms with E-state index in [2.05, 4.69) is 4.98 Å². The van der Waals surface area contributed by atoms with E-state index in [1.54, 1.807) is 0 Å². The molecule has 0 unspecified atom stereocenters. The highest BCUT2D eigenvalue weighted by molar-refractivity contribution is 6.44. The number of aromatic nitrogens is 1. The maximum absolute atomic E-state index is 13.4. The molecule has 0 aliphatic carbocycles. The molecule has 0 radical (unpaired) electrons. The Kier molecular flexibility index (Phi) is 2.63. The van der Waals surface area contributed by atoms with Crippen LogP contribution < -0.4 is 5.73 Å². The molecule has 2 rings (SSSR count). The minimum absolute atomic E-state index is 0.0964. The van der Waals surface area contributed by atoms with Crippen LogP contribution in [0, 0.1) is 5.82 Å². The molecule has 0 aliphatic heterocycles. The molecule has 15 heavy (non-hydrogen) atoms. The van der Waals surface area contributed by atoms with Gasteiger partial charge in [0.15, 0.2) is 5.82 Å². The van der Waals surface area contributed by atoms with Gasteiger partial charge in [0.25, 0.3) is 0 Å². The highest BCUT2D eigenvalue weighted by atomic mass is 35.5. The first-order chi connectivity index (χ1) is 7.02. The number of nitrogens with zero attached hydrogens (tertiary/aromatic N) is 1. The lowest BCUT2D eigenvalue weighted by molar-refractivity contribution is 0.630. The molecule has 0 atom stereocenters. The Balaban J connectivity index is 3.00. The van der Waals surface area contributed by atoms with Crippen LogP contribution in [0.2, 0.25) is 15.1 Å². The fourth-order valence-electron chi connectivity index (χ4n) is 1.23. The Morgan fingerprint density at radius 2 is 1.87 bits per heavy atom. The maximum Gasteiger partial charge on any atom is 0.161 e. The van der Waals surface area contributed by atoms with Gasteiger partial charge in [0.1, 0.15) is 0 Å². The second kappa shape index (κ2) is 3.67. The third-order valence-corrected chi connectivity index (χ3v) is 2.99. The summed E-state index contributed by atoms with van der Waals surface area (Å²) in [7, 11) is 0. The molecule has 78 valence electrons. The largest absolute Gasteiger partial charge is 0.396 e. The van der Waals surface area contributed by atoms with Gasteiger partial charge in [-0.1, -0.05) is 34.8 Å². The van der Waals surface area contributed by atoms with Crippen molar-refractivity contribution in [3.63, 3.8) is 0 Å². The molecule has 6 heteroatoms. The van der Waals surface area contributed by atoms with Crippen LogP contribution in [-0.2, 0) is 0 Å². The molecule has 1 heterocycles. The van der Waals surface area contributed by atoms with Gasteiger partial charge in [-0.2, -0.15) is 0 Å². The molecular formula is C9H4Cl3FN2. The normalized spacial score (nSPS) is 10.9. The van der Waals surface area contributed by atoms with Crippen LogP contribution in [0.4, 0.5) is 10.1 Å². The van der Waals surface area contributed by atoms with Crippen molar-refractivity contribution in [1.29, 1.82) is 0 Å². The van der Waals surface area contributed by atoms with Gasteiger partial charge in [-0.15, -0.1) is 0 Å². The molecule has 0 bridgehead atoms. The van der Waals surface area contributed by atoms with Crippen molar-refractivity contribution in [3.05, 3.63) is 33.1 Å². The number of hydrogen-bond acceptors (Lipinski definition) is 2. The quantitative estimate of drug-likeness (QED) is 0.733. The van der Waals surface area contributed by atoms with Crippen LogP contribution in [0.25, 0.3) is 10.9 Å². The summed E-state index contributed by atoms with van der Waals surface area (Å²) in [5, 5.41) is 0.198. The van der Waals surface area contributed by atoms with E-state index in [0.717, 1.165) is 0 Å². The van der Waals surface area contributed by atoms with E-state index < -0.39 is 5.82 Å². The van der Waals surface area contributed by atoms with E-state index in [1.165, 1.54) is 12.3 Å². The summed E-state index contributed by atoms with van der Waals surface area (Å²) >= 11 is 17.3. The van der Waals surface area contributed by atoms with Gasteiger partial charge >= 0.3 is 0 Å². The van der Waals surface area contributed by atoms with Gasteiger partial charge < -0.3 is 5.73 Å². The van der Waals surface area contributed by atoms with E-state index in [4.69, 9.17) is 40.5 Å². The zero-order valence-corrected chi connectivity index (χ0v) is 9.46. The van der Waals surface area contributed by atoms with Crippen molar-refractivity contribution in [3.8, 4) is 0 Å². The summed E-state index contributed by atoms with van der Waals surface area (Å²) in [6.07, 6.45) is 1.37. The first-order valence-electron chi connectivity index (χ1n) is 3.89. The third kappa shape index (κ3) is 1.61. The van der Waals surface area contributed by atoms with Crippen molar-refractivity contribution in [2.75, 3.05) is 5.73 Å². The lowest BCUT2D eigenvalue weighted by Gasteiger charge is -2.06. The number of fused-ring (bicyclic) bond motifs is 1. The lowest BCUT2D eigenvalue weighted by Crippen LogP contribution is -1.92. The summed E-state index contributed by atoms with van der Waals surface area (Å²) in [5.74, 6) is -0.722. The van der Waals surface area contributed by atoms with E-state index in [1.807, 2.05) is 0 Å². The summed E-state index contributed by atoms with van der Waals surface area (Å²) in [6.45, 7) is 0. The van der Waals surface area contributed by atoms with Crippen molar-refractivity contribution in [2.45, 2.75) is 0 Å². The zero-order valence-electron chi connectivity index (χ0n) is 7.19. The molecule has 0 amide bonds. The van der Waals surface area contributed by atoms with Crippen LogP contribution in [-0.4, -0.2) is 4.98 Å². The van der Waals surface area contributed by atoms with Crippen LogP contribution >= 0.6 is 34.8 Å². The van der Waals surface area contributed by atoms with E-state index in [-0.39, 0.29) is 26.1 Å². The molecule has 2 nitrogen and oxygen atoms in total. The Morgan fingerprint density at radius 3 is 2.53 bits per heavy atom. The van der Waals surface area contributed by atoms with Crippen molar-refractivity contribution >= 4 is 51.4 Å². The average molecular weight is 266 g/mol. The molecular weight excluding hydrogens is 261 g/mol. The molecule has 1 aromatic carbocycles. The predicted octanol–water partition coefficient (Wildman–Crippen LogP) is 3.92. The number of nitrogens with two attached hydrogens (primary N) is 1. The predicted molar refractivity (Wildman–Crippen MR) is 61.1 cm³/mol. The number of hydrogen-bond donors (Lipinski definition) is 1. The molecule has 0 saturated carbocycles. The van der Waals surface area contributed by atoms with E-state index >= 15 is 0 Å². The number of pyridine rings is 1. The van der Waals surface area contributed by atoms with E-state index in [9.17, 15) is 4.39 Å². The van der Waals surface area contributed by atoms with Gasteiger partial charge in [-0.05, 0) is 6.07 Å². The van der Waals surface area contributed by atoms with Crippen LogP contribution in [0.15, 0.2) is 12.3 Å². The fourth-order valence-corrected chi connectivity index (χ4v) is 2.06. The molecule has 2 N–H and O–H groups in total. The molecule has 0 spiro atoms. The minimum Gasteiger partial charge on any atom is -0.396 e. The Labute approximate surface area is 99.7 Å². The highest BCUT2D eigenvalue weighted by Gasteiger charge is 2.15. The fraction of sp³-hybridized carbons (Fsp3) is 0. The van der Waals surface area contributed by atoms with E-state index in [0.29, 0.717) is 5.52 Å². The first kappa shape index (κ1) is 10.7. The molecule has 0 aliphatic rings. The molecule has 0 saturated heterocycles. The van der Waals surface area contributed by atoms with Crippen molar-refractivity contribution in [1.82, 2.24) is 4.98 Å². The van der Waals surface area contributed by atoms with Gasteiger partial charge in [0.05, 0.1) is 32.5 Å². The Hall–Kier alpha value is -0.770. The summed E-state index contributed by atoms with van der Waals surface area (Å²) in [4.78, 5) is 3.96. The number of halogens is 4. The van der Waals surface area contributed by atoms with Crippen LogP contribution in [0.3, 0.4) is 0 Å². The zero-order chi connectivity index (χ0) is 11.2. The van der Waals surface area contributed by atoms with Gasteiger partial charge in [0.2, 0.25) is 0 Å². The first-order valence-corrected chi connectivity index (χ1v) is 5.03. The molecule has 0 fully saturated rings. The van der Waals surface area contributed by atoms with Crippen molar-refractivity contribution in [2.24, 2.45) is 0 Å². The standard InChI is InChI=1S/C9H4Cl3FN2/c10-3-1-5-6(8(12)9(3)13)7(11)4(14)2-15-5/h1-2H,14H2. The molecule has 1 aromatic heterocycles. The van der Waals surface area contributed by atoms with Gasteiger partial charge in [0, 0.05) is 5.39 Å².